The van der Waals surface area contributed by atoms with Crippen LogP contribution in [0.3, 0.4) is 0 Å². The molecule has 0 radical (unpaired) electrons. The van der Waals surface area contributed by atoms with Crippen LogP contribution in [0.2, 0.25) is 0 Å². The predicted molar refractivity (Wildman–Crippen MR) is 132 cm³/mol. The van der Waals surface area contributed by atoms with Crippen molar-refractivity contribution in [2.45, 2.75) is 19.4 Å². The maximum absolute atomic E-state index is 13.0. The molecule has 4 rings (SSSR count). The zero-order valence-electron chi connectivity index (χ0n) is 19.6. The second-order valence-electron chi connectivity index (χ2n) is 8.45. The van der Waals surface area contributed by atoms with Gasteiger partial charge in [-0.1, -0.05) is 36.4 Å². The number of carbonyl (C=O) groups excluding carboxylic acids is 2. The molecule has 1 aliphatic heterocycles. The van der Waals surface area contributed by atoms with Crippen molar-refractivity contribution >= 4 is 11.8 Å². The molecular weight excluding hydrogens is 428 g/mol. The summed E-state index contributed by atoms with van der Waals surface area (Å²) in [5.41, 5.74) is 3.73. The molecule has 6 heteroatoms. The van der Waals surface area contributed by atoms with E-state index in [1.54, 1.807) is 14.2 Å². The fourth-order valence-electron chi connectivity index (χ4n) is 4.25. The van der Waals surface area contributed by atoms with Gasteiger partial charge in [0.2, 0.25) is 5.91 Å². The number of carbonyl (C=O) groups is 2. The molecule has 1 aliphatic rings. The Morgan fingerprint density at radius 3 is 2.18 bits per heavy atom. The van der Waals surface area contributed by atoms with Gasteiger partial charge in [0.15, 0.2) is 0 Å². The van der Waals surface area contributed by atoms with Crippen LogP contribution in [0.25, 0.3) is 11.1 Å². The summed E-state index contributed by atoms with van der Waals surface area (Å²) < 4.78 is 10.5. The average Bonchev–Trinajstić information content (AvgIpc) is 2.91. The van der Waals surface area contributed by atoms with Gasteiger partial charge in [0.05, 0.1) is 14.2 Å². The van der Waals surface area contributed by atoms with E-state index in [4.69, 9.17) is 9.47 Å². The molecule has 0 saturated carbocycles. The molecule has 1 N–H and O–H groups in total. The van der Waals surface area contributed by atoms with E-state index in [1.807, 2.05) is 77.7 Å². The number of hydrogen-bond acceptors (Lipinski definition) is 4. The topological polar surface area (TPSA) is 67.9 Å². The van der Waals surface area contributed by atoms with E-state index in [0.29, 0.717) is 38.0 Å². The van der Waals surface area contributed by atoms with Crippen molar-refractivity contribution in [1.29, 1.82) is 0 Å². The first-order valence-electron chi connectivity index (χ1n) is 11.5. The van der Waals surface area contributed by atoms with E-state index in [0.717, 1.165) is 28.2 Å². The van der Waals surface area contributed by atoms with Gasteiger partial charge in [0.1, 0.15) is 11.5 Å². The molecule has 2 amide bonds. The Labute approximate surface area is 200 Å². The molecule has 176 valence electrons. The normalized spacial score (nSPS) is 13.9. The van der Waals surface area contributed by atoms with E-state index in [1.165, 1.54) is 0 Å². The van der Waals surface area contributed by atoms with Crippen molar-refractivity contribution in [2.75, 3.05) is 27.3 Å². The number of piperidine rings is 1. The maximum atomic E-state index is 13.0. The molecule has 1 saturated heterocycles. The second kappa shape index (κ2) is 10.9. The monoisotopic (exact) mass is 458 g/mol. The third-order valence-corrected chi connectivity index (χ3v) is 6.29. The number of rotatable bonds is 7. The first-order valence-corrected chi connectivity index (χ1v) is 11.5. The molecule has 34 heavy (non-hydrogen) atoms. The Kier molecular flexibility index (Phi) is 7.48. The van der Waals surface area contributed by atoms with Crippen molar-refractivity contribution in [1.82, 2.24) is 10.2 Å². The largest absolute Gasteiger partial charge is 0.497 e. The molecule has 3 aromatic rings. The fraction of sp³-hybridized carbons (Fsp3) is 0.286. The van der Waals surface area contributed by atoms with Crippen molar-refractivity contribution < 1.29 is 19.1 Å². The van der Waals surface area contributed by atoms with Crippen LogP contribution in [-0.4, -0.2) is 44.0 Å². The van der Waals surface area contributed by atoms with Gasteiger partial charge in [-0.3, -0.25) is 9.59 Å². The lowest BCUT2D eigenvalue weighted by molar-refractivity contribution is -0.126. The molecule has 0 unspecified atom stereocenters. The highest BCUT2D eigenvalue weighted by atomic mass is 16.5. The Morgan fingerprint density at radius 2 is 1.50 bits per heavy atom. The van der Waals surface area contributed by atoms with Crippen molar-refractivity contribution in [2.24, 2.45) is 5.92 Å². The maximum Gasteiger partial charge on any atom is 0.253 e. The molecule has 0 aliphatic carbocycles. The highest BCUT2D eigenvalue weighted by molar-refractivity contribution is 5.95. The number of nitrogens with zero attached hydrogens (tertiary/aromatic N) is 1. The van der Waals surface area contributed by atoms with Gasteiger partial charge < -0.3 is 19.7 Å². The Hall–Kier alpha value is -3.80. The first kappa shape index (κ1) is 23.4. The lowest BCUT2D eigenvalue weighted by Gasteiger charge is -2.31. The molecule has 3 aromatic carbocycles. The van der Waals surface area contributed by atoms with E-state index in [9.17, 15) is 9.59 Å². The molecule has 0 aromatic heterocycles. The minimum absolute atomic E-state index is 0.00688. The number of methoxy groups -OCH3 is 2. The molecule has 0 bridgehead atoms. The zero-order valence-corrected chi connectivity index (χ0v) is 19.6. The van der Waals surface area contributed by atoms with Gasteiger partial charge in [-0.25, -0.2) is 0 Å². The lowest BCUT2D eigenvalue weighted by Crippen LogP contribution is -2.42. The summed E-state index contributed by atoms with van der Waals surface area (Å²) in [6.45, 7) is 1.62. The zero-order chi connectivity index (χ0) is 23.9. The third-order valence-electron chi connectivity index (χ3n) is 6.29. The highest BCUT2D eigenvalue weighted by Gasteiger charge is 2.27. The van der Waals surface area contributed by atoms with Crippen LogP contribution < -0.4 is 14.8 Å². The van der Waals surface area contributed by atoms with Crippen LogP contribution >= 0.6 is 0 Å². The van der Waals surface area contributed by atoms with Gasteiger partial charge in [-0.2, -0.15) is 0 Å². The van der Waals surface area contributed by atoms with Crippen LogP contribution in [0.1, 0.15) is 28.8 Å². The molecular formula is C28H30N2O4. The third kappa shape index (κ3) is 5.57. The van der Waals surface area contributed by atoms with Gasteiger partial charge in [0.25, 0.3) is 5.91 Å². The summed E-state index contributed by atoms with van der Waals surface area (Å²) >= 11 is 0. The minimum Gasteiger partial charge on any atom is -0.497 e. The summed E-state index contributed by atoms with van der Waals surface area (Å²) in [6, 6.07) is 23.2. The quantitative estimate of drug-likeness (QED) is 0.565. The number of hydrogen-bond donors (Lipinski definition) is 1. The fourth-order valence-corrected chi connectivity index (χ4v) is 4.25. The Morgan fingerprint density at radius 1 is 0.853 bits per heavy atom. The molecule has 0 spiro atoms. The summed E-state index contributed by atoms with van der Waals surface area (Å²) in [7, 11) is 3.27. The van der Waals surface area contributed by atoms with Crippen molar-refractivity contribution in [3.63, 3.8) is 0 Å². The summed E-state index contributed by atoms with van der Waals surface area (Å²) in [5.74, 6) is 1.54. The van der Waals surface area contributed by atoms with Crippen LogP contribution in [0.4, 0.5) is 0 Å². The first-order chi connectivity index (χ1) is 16.6. The van der Waals surface area contributed by atoms with Crippen LogP contribution in [-0.2, 0) is 11.3 Å². The number of likely N-dealkylation sites (tertiary alicyclic amines) is 1. The number of amides is 2. The average molecular weight is 459 g/mol. The van der Waals surface area contributed by atoms with E-state index >= 15 is 0 Å². The second-order valence-corrected chi connectivity index (χ2v) is 8.45. The van der Waals surface area contributed by atoms with E-state index in [-0.39, 0.29) is 17.7 Å². The molecule has 1 heterocycles. The highest BCUT2D eigenvalue weighted by Crippen LogP contribution is 2.25. The van der Waals surface area contributed by atoms with Crippen LogP contribution in [0.15, 0.2) is 72.8 Å². The predicted octanol–water partition coefficient (Wildman–Crippen LogP) is 4.54. The lowest BCUT2D eigenvalue weighted by atomic mass is 9.95. The molecule has 0 atom stereocenters. The van der Waals surface area contributed by atoms with Gasteiger partial charge in [0, 0.05) is 31.1 Å². The number of nitrogens with one attached hydrogen (secondary N) is 1. The van der Waals surface area contributed by atoms with E-state index in [2.05, 4.69) is 5.32 Å². The Bertz CT molecular complexity index is 1140. The molecule has 1 fully saturated rings. The number of ether oxygens (including phenoxy) is 2. The van der Waals surface area contributed by atoms with Gasteiger partial charge in [-0.15, -0.1) is 0 Å². The van der Waals surface area contributed by atoms with Crippen LogP contribution in [0, 0.1) is 5.92 Å². The summed E-state index contributed by atoms with van der Waals surface area (Å²) in [5, 5.41) is 3.02. The smallest absolute Gasteiger partial charge is 0.253 e. The standard InChI is InChI=1S/C28H30N2O4/c1-33-25-7-3-5-20(17-25)19-29-27(31)22-13-15-30(16-14-22)28(32)23-11-9-21(10-12-23)24-6-4-8-26(18-24)34-2/h3-12,17-18,22H,13-16,19H2,1-2H3,(H,29,31). The van der Waals surface area contributed by atoms with Gasteiger partial charge in [-0.05, 0) is 65.9 Å². The van der Waals surface area contributed by atoms with Gasteiger partial charge >= 0.3 is 0 Å². The van der Waals surface area contributed by atoms with Crippen molar-refractivity contribution in [3.8, 4) is 22.6 Å². The Balaban J connectivity index is 1.29. The molecule has 6 nitrogen and oxygen atoms in total. The van der Waals surface area contributed by atoms with Crippen LogP contribution in [0.5, 0.6) is 11.5 Å². The minimum atomic E-state index is -0.0786. The summed E-state index contributed by atoms with van der Waals surface area (Å²) in [6.07, 6.45) is 1.33. The summed E-state index contributed by atoms with van der Waals surface area (Å²) in [4.78, 5) is 27.5. The van der Waals surface area contributed by atoms with E-state index < -0.39 is 0 Å². The number of benzene rings is 3. The van der Waals surface area contributed by atoms with Crippen molar-refractivity contribution in [3.05, 3.63) is 83.9 Å². The SMILES string of the molecule is COc1cccc(CNC(=O)C2CCN(C(=O)c3ccc(-c4cccc(OC)c4)cc3)CC2)c1.